The molecule has 0 N–H and O–H groups in total. The number of aldehydes is 1. The zero-order chi connectivity index (χ0) is 12.4. The summed E-state index contributed by atoms with van der Waals surface area (Å²) >= 11 is 3.34. The zero-order valence-electron chi connectivity index (χ0n) is 9.05. The molecule has 0 atom stereocenters. The fourth-order valence-corrected chi connectivity index (χ4v) is 1.75. The average Bonchev–Trinajstić information content (AvgIpc) is 2.31. The van der Waals surface area contributed by atoms with Gasteiger partial charge in [0, 0.05) is 16.2 Å². The number of hydrogen-bond donors (Lipinski definition) is 0. The highest BCUT2D eigenvalue weighted by Gasteiger charge is 2.06. The highest BCUT2D eigenvalue weighted by molar-refractivity contribution is 9.10. The number of carbonyl (C=O) groups excluding carboxylic acids is 1. The molecule has 0 aliphatic carbocycles. The van der Waals surface area contributed by atoms with E-state index in [0.29, 0.717) is 12.0 Å². The molecule has 17 heavy (non-hydrogen) atoms. The van der Waals surface area contributed by atoms with E-state index in [-0.39, 0.29) is 11.1 Å². The van der Waals surface area contributed by atoms with Crippen molar-refractivity contribution in [2.45, 2.75) is 6.92 Å². The molecule has 5 heteroatoms. The van der Waals surface area contributed by atoms with Crippen molar-refractivity contribution < 1.29 is 4.79 Å². The summed E-state index contributed by atoms with van der Waals surface area (Å²) in [5.41, 5.74) is 1.04. The number of hydrogen-bond acceptors (Lipinski definition) is 3. The molecule has 0 bridgehead atoms. The number of rotatable bonds is 2. The van der Waals surface area contributed by atoms with Gasteiger partial charge in [-0.05, 0) is 31.2 Å². The van der Waals surface area contributed by atoms with Gasteiger partial charge in [-0.25, -0.2) is 4.68 Å². The lowest BCUT2D eigenvalue weighted by Crippen LogP contribution is -2.18. The van der Waals surface area contributed by atoms with Crippen molar-refractivity contribution in [2.24, 2.45) is 0 Å². The van der Waals surface area contributed by atoms with Crippen molar-refractivity contribution in [1.29, 1.82) is 0 Å². The molecule has 0 saturated carbocycles. The highest BCUT2D eigenvalue weighted by atomic mass is 79.9. The molecule has 86 valence electrons. The summed E-state index contributed by atoms with van der Waals surface area (Å²) in [4.78, 5) is 22.1. The summed E-state index contributed by atoms with van der Waals surface area (Å²) in [7, 11) is 0. The van der Waals surface area contributed by atoms with Gasteiger partial charge in [-0.3, -0.25) is 9.59 Å². The molecule has 2 rings (SSSR count). The molecular weight excluding hydrogens is 284 g/mol. The standard InChI is InChI=1S/C12H9BrN2O2/c1-8-6-12(17)11(7-16)14-15(8)10-4-2-9(13)3-5-10/h2-7H,1H3. The van der Waals surface area contributed by atoms with Crippen molar-refractivity contribution >= 4 is 22.2 Å². The minimum atomic E-state index is -0.356. The molecular formula is C12H9BrN2O2. The van der Waals surface area contributed by atoms with E-state index < -0.39 is 0 Å². The number of halogens is 1. The van der Waals surface area contributed by atoms with Crippen LogP contribution >= 0.6 is 15.9 Å². The van der Waals surface area contributed by atoms with Crippen LogP contribution in [0.4, 0.5) is 0 Å². The van der Waals surface area contributed by atoms with Crippen molar-refractivity contribution in [2.75, 3.05) is 0 Å². The lowest BCUT2D eigenvalue weighted by atomic mass is 10.3. The molecule has 0 spiro atoms. The van der Waals surface area contributed by atoms with E-state index in [4.69, 9.17) is 0 Å². The molecule has 0 aliphatic heterocycles. The van der Waals surface area contributed by atoms with Crippen LogP contribution < -0.4 is 5.43 Å². The molecule has 1 aromatic carbocycles. The molecule has 0 aliphatic rings. The van der Waals surface area contributed by atoms with Crippen LogP contribution in [0, 0.1) is 6.92 Å². The smallest absolute Gasteiger partial charge is 0.211 e. The Labute approximate surface area is 106 Å². The summed E-state index contributed by atoms with van der Waals surface area (Å²) in [6.45, 7) is 1.77. The Bertz CT molecular complexity index is 617. The molecule has 0 amide bonds. The van der Waals surface area contributed by atoms with Gasteiger partial charge in [0.2, 0.25) is 5.43 Å². The quantitative estimate of drug-likeness (QED) is 0.797. The lowest BCUT2D eigenvalue weighted by Gasteiger charge is -2.09. The second-order valence-corrected chi connectivity index (χ2v) is 4.46. The minimum Gasteiger partial charge on any atom is -0.296 e. The fraction of sp³-hybridized carbons (Fsp3) is 0.0833. The van der Waals surface area contributed by atoms with Gasteiger partial charge in [-0.15, -0.1) is 0 Å². The molecule has 0 unspecified atom stereocenters. The van der Waals surface area contributed by atoms with Crippen LogP contribution in [0.5, 0.6) is 0 Å². The Hall–Kier alpha value is -1.75. The van der Waals surface area contributed by atoms with Gasteiger partial charge in [0.25, 0.3) is 0 Å². The first-order chi connectivity index (χ1) is 8.11. The van der Waals surface area contributed by atoms with E-state index in [2.05, 4.69) is 21.0 Å². The predicted octanol–water partition coefficient (Wildman–Crippen LogP) is 2.12. The Morgan fingerprint density at radius 3 is 2.53 bits per heavy atom. The van der Waals surface area contributed by atoms with Gasteiger partial charge < -0.3 is 0 Å². The van der Waals surface area contributed by atoms with Crippen molar-refractivity contribution in [3.8, 4) is 5.69 Å². The van der Waals surface area contributed by atoms with Gasteiger partial charge in [0.1, 0.15) is 0 Å². The topological polar surface area (TPSA) is 52.0 Å². The normalized spacial score (nSPS) is 10.2. The highest BCUT2D eigenvalue weighted by Crippen LogP contribution is 2.14. The fourth-order valence-electron chi connectivity index (χ4n) is 1.49. The summed E-state index contributed by atoms with van der Waals surface area (Å²) < 4.78 is 2.52. The summed E-state index contributed by atoms with van der Waals surface area (Å²) in [5, 5.41) is 4.01. The Kier molecular flexibility index (Phi) is 3.19. The second kappa shape index (κ2) is 4.63. The third-order valence-electron chi connectivity index (χ3n) is 2.32. The van der Waals surface area contributed by atoms with Crippen LogP contribution in [0.1, 0.15) is 16.2 Å². The first-order valence-corrected chi connectivity index (χ1v) is 5.73. The van der Waals surface area contributed by atoms with Gasteiger partial charge in [-0.1, -0.05) is 15.9 Å². The van der Waals surface area contributed by atoms with E-state index in [9.17, 15) is 9.59 Å². The maximum Gasteiger partial charge on any atom is 0.211 e. The maximum atomic E-state index is 11.4. The minimum absolute atomic E-state index is 0.0847. The van der Waals surface area contributed by atoms with Crippen LogP contribution in [0.2, 0.25) is 0 Å². The zero-order valence-corrected chi connectivity index (χ0v) is 10.6. The Morgan fingerprint density at radius 1 is 1.29 bits per heavy atom. The van der Waals surface area contributed by atoms with E-state index in [1.165, 1.54) is 6.07 Å². The van der Waals surface area contributed by atoms with Crippen LogP contribution in [-0.2, 0) is 0 Å². The summed E-state index contributed by atoms with van der Waals surface area (Å²) in [6.07, 6.45) is 0.469. The monoisotopic (exact) mass is 292 g/mol. The number of nitrogens with zero attached hydrogens (tertiary/aromatic N) is 2. The third kappa shape index (κ3) is 2.34. The van der Waals surface area contributed by atoms with Gasteiger partial charge in [0.05, 0.1) is 5.69 Å². The van der Waals surface area contributed by atoms with E-state index in [0.717, 1.165) is 10.2 Å². The SMILES string of the molecule is Cc1cc(=O)c(C=O)nn1-c1ccc(Br)cc1. The van der Waals surface area contributed by atoms with Crippen molar-refractivity contribution in [1.82, 2.24) is 9.78 Å². The van der Waals surface area contributed by atoms with E-state index in [1.807, 2.05) is 24.3 Å². The molecule has 2 aromatic rings. The molecule has 0 fully saturated rings. The second-order valence-electron chi connectivity index (χ2n) is 3.54. The van der Waals surface area contributed by atoms with Crippen molar-refractivity contribution in [3.05, 3.63) is 56.4 Å². The Balaban J connectivity index is 2.62. The lowest BCUT2D eigenvalue weighted by molar-refractivity contribution is 0.111. The maximum absolute atomic E-state index is 11.4. The molecule has 4 nitrogen and oxygen atoms in total. The molecule has 1 heterocycles. The first-order valence-electron chi connectivity index (χ1n) is 4.94. The van der Waals surface area contributed by atoms with E-state index >= 15 is 0 Å². The van der Waals surface area contributed by atoms with Crippen LogP contribution in [0.15, 0.2) is 39.6 Å². The van der Waals surface area contributed by atoms with Crippen molar-refractivity contribution in [3.63, 3.8) is 0 Å². The predicted molar refractivity (Wildman–Crippen MR) is 67.7 cm³/mol. The first kappa shape index (κ1) is 11.7. The van der Waals surface area contributed by atoms with Crippen LogP contribution in [0.3, 0.4) is 0 Å². The largest absolute Gasteiger partial charge is 0.296 e. The van der Waals surface area contributed by atoms with Gasteiger partial charge in [0.15, 0.2) is 12.0 Å². The van der Waals surface area contributed by atoms with Crippen LogP contribution in [-0.4, -0.2) is 16.1 Å². The number of benzene rings is 1. The van der Waals surface area contributed by atoms with Gasteiger partial charge in [-0.2, -0.15) is 5.10 Å². The van der Waals surface area contributed by atoms with Gasteiger partial charge >= 0.3 is 0 Å². The summed E-state index contributed by atoms with van der Waals surface area (Å²) in [5.74, 6) is 0. The molecule has 1 aromatic heterocycles. The summed E-state index contributed by atoms with van der Waals surface area (Å²) in [6, 6.07) is 8.84. The number of aryl methyl sites for hydroxylation is 1. The number of carbonyl (C=O) groups is 1. The van der Waals surface area contributed by atoms with E-state index in [1.54, 1.807) is 11.6 Å². The number of aromatic nitrogens is 2. The van der Waals surface area contributed by atoms with Crippen LogP contribution in [0.25, 0.3) is 5.69 Å². The Morgan fingerprint density at radius 2 is 1.94 bits per heavy atom. The molecule has 0 saturated heterocycles. The average molecular weight is 293 g/mol. The third-order valence-corrected chi connectivity index (χ3v) is 2.85. The molecule has 0 radical (unpaired) electrons.